The van der Waals surface area contributed by atoms with E-state index in [9.17, 15) is 13.2 Å². The standard InChI is InChI=1S/C11H22N2O3S/c1-2-3-6-10(12)11(14)13-8-9-5-4-7-17(9,15)16/h9-10H,2-8,12H2,1H3,(H,13,14). The van der Waals surface area contributed by atoms with Gasteiger partial charge in [0.2, 0.25) is 5.91 Å². The first-order valence-electron chi connectivity index (χ1n) is 6.22. The van der Waals surface area contributed by atoms with Crippen molar-refractivity contribution in [3.05, 3.63) is 0 Å². The molecule has 2 atom stereocenters. The van der Waals surface area contributed by atoms with Crippen molar-refractivity contribution >= 4 is 15.7 Å². The number of rotatable bonds is 6. The molecule has 1 rings (SSSR count). The van der Waals surface area contributed by atoms with Crippen LogP contribution in [-0.4, -0.2) is 37.9 Å². The van der Waals surface area contributed by atoms with E-state index in [1.807, 2.05) is 6.92 Å². The lowest BCUT2D eigenvalue weighted by Crippen LogP contribution is -2.44. The smallest absolute Gasteiger partial charge is 0.236 e. The maximum atomic E-state index is 11.6. The number of nitrogens with one attached hydrogen (secondary N) is 1. The highest BCUT2D eigenvalue weighted by atomic mass is 32.2. The van der Waals surface area contributed by atoms with Crippen molar-refractivity contribution in [2.24, 2.45) is 5.73 Å². The first kappa shape index (κ1) is 14.4. The van der Waals surface area contributed by atoms with Gasteiger partial charge in [0, 0.05) is 6.54 Å². The van der Waals surface area contributed by atoms with E-state index in [0.29, 0.717) is 19.3 Å². The molecule has 100 valence electrons. The Morgan fingerprint density at radius 2 is 2.24 bits per heavy atom. The molecule has 1 aliphatic heterocycles. The zero-order valence-electron chi connectivity index (χ0n) is 10.3. The molecule has 1 fully saturated rings. The van der Waals surface area contributed by atoms with Crippen LogP contribution >= 0.6 is 0 Å². The van der Waals surface area contributed by atoms with Crippen molar-refractivity contribution in [1.82, 2.24) is 5.32 Å². The van der Waals surface area contributed by atoms with Gasteiger partial charge in [-0.15, -0.1) is 0 Å². The number of carbonyl (C=O) groups excluding carboxylic acids is 1. The molecule has 0 spiro atoms. The van der Waals surface area contributed by atoms with E-state index in [4.69, 9.17) is 5.73 Å². The third-order valence-electron chi connectivity index (χ3n) is 3.17. The van der Waals surface area contributed by atoms with Gasteiger partial charge in [-0.05, 0) is 19.3 Å². The summed E-state index contributed by atoms with van der Waals surface area (Å²) >= 11 is 0. The van der Waals surface area contributed by atoms with Crippen LogP contribution in [0.3, 0.4) is 0 Å². The van der Waals surface area contributed by atoms with Gasteiger partial charge in [0.25, 0.3) is 0 Å². The number of unbranched alkanes of at least 4 members (excludes halogenated alkanes) is 1. The molecule has 0 aliphatic carbocycles. The number of hydrogen-bond acceptors (Lipinski definition) is 4. The third kappa shape index (κ3) is 4.27. The van der Waals surface area contributed by atoms with Gasteiger partial charge in [0.15, 0.2) is 9.84 Å². The summed E-state index contributed by atoms with van der Waals surface area (Å²) in [5, 5.41) is 2.23. The van der Waals surface area contributed by atoms with E-state index in [2.05, 4.69) is 5.32 Å². The highest BCUT2D eigenvalue weighted by molar-refractivity contribution is 7.92. The Morgan fingerprint density at radius 3 is 2.76 bits per heavy atom. The summed E-state index contributed by atoms with van der Waals surface area (Å²) in [7, 11) is -2.98. The van der Waals surface area contributed by atoms with Crippen molar-refractivity contribution in [3.63, 3.8) is 0 Å². The number of nitrogens with two attached hydrogens (primary N) is 1. The van der Waals surface area contributed by atoms with Crippen molar-refractivity contribution in [2.45, 2.75) is 50.3 Å². The molecule has 0 aromatic heterocycles. The third-order valence-corrected chi connectivity index (χ3v) is 5.45. The second-order valence-electron chi connectivity index (χ2n) is 4.63. The van der Waals surface area contributed by atoms with Crippen LogP contribution in [0.2, 0.25) is 0 Å². The Balaban J connectivity index is 2.33. The van der Waals surface area contributed by atoms with Crippen LogP contribution in [0.25, 0.3) is 0 Å². The molecular formula is C11H22N2O3S. The van der Waals surface area contributed by atoms with Crippen LogP contribution in [-0.2, 0) is 14.6 Å². The summed E-state index contributed by atoms with van der Waals surface area (Å²) in [5.41, 5.74) is 5.69. The molecule has 3 N–H and O–H groups in total. The van der Waals surface area contributed by atoms with E-state index in [-0.39, 0.29) is 18.2 Å². The lowest BCUT2D eigenvalue weighted by molar-refractivity contribution is -0.122. The molecule has 5 nitrogen and oxygen atoms in total. The summed E-state index contributed by atoms with van der Waals surface area (Å²) in [4.78, 5) is 11.6. The summed E-state index contributed by atoms with van der Waals surface area (Å²) in [6.07, 6.45) is 3.91. The van der Waals surface area contributed by atoms with Gasteiger partial charge in [0.05, 0.1) is 17.0 Å². The Hall–Kier alpha value is -0.620. The first-order valence-corrected chi connectivity index (χ1v) is 7.93. The van der Waals surface area contributed by atoms with Crippen molar-refractivity contribution in [1.29, 1.82) is 0 Å². The summed E-state index contributed by atoms with van der Waals surface area (Å²) < 4.78 is 23.1. The Bertz CT molecular complexity index is 354. The van der Waals surface area contributed by atoms with Crippen molar-refractivity contribution < 1.29 is 13.2 Å². The van der Waals surface area contributed by atoms with Crippen LogP contribution < -0.4 is 11.1 Å². The summed E-state index contributed by atoms with van der Waals surface area (Å²) in [6, 6.07) is -0.515. The van der Waals surface area contributed by atoms with Gasteiger partial charge < -0.3 is 11.1 Å². The van der Waals surface area contributed by atoms with Crippen molar-refractivity contribution in [2.75, 3.05) is 12.3 Å². The second-order valence-corrected chi connectivity index (χ2v) is 7.03. The minimum Gasteiger partial charge on any atom is -0.353 e. The lowest BCUT2D eigenvalue weighted by atomic mass is 10.1. The topological polar surface area (TPSA) is 89.3 Å². The van der Waals surface area contributed by atoms with Crippen LogP contribution in [0, 0.1) is 0 Å². The molecule has 1 amide bonds. The first-order chi connectivity index (χ1) is 7.97. The monoisotopic (exact) mass is 262 g/mol. The van der Waals surface area contributed by atoms with E-state index >= 15 is 0 Å². The molecule has 0 saturated carbocycles. The van der Waals surface area contributed by atoms with Crippen LogP contribution in [0.4, 0.5) is 0 Å². The van der Waals surface area contributed by atoms with E-state index in [1.54, 1.807) is 0 Å². The molecule has 17 heavy (non-hydrogen) atoms. The average Bonchev–Trinajstić information content (AvgIpc) is 2.62. The number of carbonyl (C=O) groups is 1. The van der Waals surface area contributed by atoms with Gasteiger partial charge in [-0.2, -0.15) is 0 Å². The molecule has 0 bridgehead atoms. The second kappa shape index (κ2) is 6.35. The van der Waals surface area contributed by atoms with E-state index < -0.39 is 21.1 Å². The number of hydrogen-bond donors (Lipinski definition) is 2. The number of sulfone groups is 1. The normalized spacial score (nSPS) is 24.5. The molecule has 0 aromatic carbocycles. The molecule has 0 radical (unpaired) electrons. The van der Waals surface area contributed by atoms with Crippen LogP contribution in [0.5, 0.6) is 0 Å². The van der Waals surface area contributed by atoms with Crippen LogP contribution in [0.1, 0.15) is 39.0 Å². The van der Waals surface area contributed by atoms with E-state index in [0.717, 1.165) is 12.8 Å². The van der Waals surface area contributed by atoms with Gasteiger partial charge in [-0.1, -0.05) is 19.8 Å². The highest BCUT2D eigenvalue weighted by Gasteiger charge is 2.31. The van der Waals surface area contributed by atoms with Crippen LogP contribution in [0.15, 0.2) is 0 Å². The maximum Gasteiger partial charge on any atom is 0.236 e. The summed E-state index contributed by atoms with van der Waals surface area (Å²) in [5.74, 6) is 0.00986. The molecular weight excluding hydrogens is 240 g/mol. The van der Waals surface area contributed by atoms with Crippen molar-refractivity contribution in [3.8, 4) is 0 Å². The molecule has 2 unspecified atom stereocenters. The molecule has 0 aromatic rings. The Kier molecular flexibility index (Phi) is 5.39. The predicted octanol–water partition coefficient (Wildman–Crippen LogP) is 0.197. The fraction of sp³-hybridized carbons (Fsp3) is 0.909. The molecule has 1 aliphatic rings. The number of amides is 1. The molecule has 6 heteroatoms. The zero-order chi connectivity index (χ0) is 12.9. The molecule has 1 saturated heterocycles. The Morgan fingerprint density at radius 1 is 1.53 bits per heavy atom. The Labute approximate surface area is 103 Å². The van der Waals surface area contributed by atoms with Gasteiger partial charge in [0.1, 0.15) is 0 Å². The van der Waals surface area contributed by atoms with Gasteiger partial charge in [-0.3, -0.25) is 4.79 Å². The molecule has 1 heterocycles. The quantitative estimate of drug-likeness (QED) is 0.715. The predicted molar refractivity (Wildman–Crippen MR) is 67.3 cm³/mol. The minimum absolute atomic E-state index is 0.209. The average molecular weight is 262 g/mol. The maximum absolute atomic E-state index is 11.6. The van der Waals surface area contributed by atoms with E-state index in [1.165, 1.54) is 0 Å². The lowest BCUT2D eigenvalue weighted by Gasteiger charge is -2.14. The highest BCUT2D eigenvalue weighted by Crippen LogP contribution is 2.18. The minimum atomic E-state index is -2.98. The van der Waals surface area contributed by atoms with Gasteiger partial charge >= 0.3 is 0 Å². The summed E-state index contributed by atoms with van der Waals surface area (Å²) in [6.45, 7) is 2.25. The van der Waals surface area contributed by atoms with Gasteiger partial charge in [-0.25, -0.2) is 8.42 Å². The zero-order valence-corrected chi connectivity index (χ0v) is 11.1. The SMILES string of the molecule is CCCCC(N)C(=O)NCC1CCCS1(=O)=O. The largest absolute Gasteiger partial charge is 0.353 e. The fourth-order valence-electron chi connectivity index (χ4n) is 1.99. The fourth-order valence-corrected chi connectivity index (χ4v) is 3.75.